The topological polar surface area (TPSA) is 181 Å². The van der Waals surface area contributed by atoms with Gasteiger partial charge in [0.1, 0.15) is 10.0 Å². The summed E-state index contributed by atoms with van der Waals surface area (Å²) in [6, 6.07) is 0. The van der Waals surface area contributed by atoms with Crippen LogP contribution in [0.4, 0.5) is 10.3 Å². The van der Waals surface area contributed by atoms with Crippen LogP contribution in [0.2, 0.25) is 0 Å². The fraction of sp³-hybridized carbons (Fsp3) is 0.636. The number of carbonyl (C=O) groups is 4. The Morgan fingerprint density at radius 3 is 1.47 bits per heavy atom. The van der Waals surface area contributed by atoms with Crippen molar-refractivity contribution in [3.63, 3.8) is 0 Å². The Hall–Kier alpha value is -3.08. The smallest absolute Gasteiger partial charge is 0.338 e. The average molecular weight is 569 g/mol. The molecule has 0 saturated carbocycles. The van der Waals surface area contributed by atoms with E-state index in [2.05, 4.69) is 31.0 Å². The van der Waals surface area contributed by atoms with Gasteiger partial charge in [0.05, 0.1) is 12.8 Å². The molecule has 2 aliphatic rings. The summed E-state index contributed by atoms with van der Waals surface area (Å²) in [5.74, 6) is -4.04. The highest BCUT2D eigenvalue weighted by atomic mass is 32.1. The van der Waals surface area contributed by atoms with Gasteiger partial charge in [-0.3, -0.25) is 9.59 Å². The fourth-order valence-electron chi connectivity index (χ4n) is 3.74. The van der Waals surface area contributed by atoms with Crippen molar-refractivity contribution in [1.82, 2.24) is 20.4 Å². The van der Waals surface area contributed by atoms with E-state index in [-0.39, 0.29) is 12.8 Å². The number of ether oxygens (including phenoxy) is 4. The van der Waals surface area contributed by atoms with Gasteiger partial charge in [-0.2, -0.15) is 0 Å². The SMILES string of the molecule is CC1(C)OC(=O)C(CC(=O)Nc2nnc(CCCCc3nnc(NC(=O)CC4OC(C)(C)OC4=O)s3)s2)O1. The Morgan fingerprint density at radius 1 is 0.737 bits per heavy atom. The van der Waals surface area contributed by atoms with E-state index in [0.717, 1.165) is 22.9 Å². The van der Waals surface area contributed by atoms with E-state index in [1.807, 2.05) is 0 Å². The Bertz CT molecular complexity index is 1120. The lowest BCUT2D eigenvalue weighted by atomic mass is 10.2. The summed E-state index contributed by atoms with van der Waals surface area (Å²) in [6.45, 7) is 6.43. The van der Waals surface area contributed by atoms with Gasteiger partial charge in [-0.05, 0) is 12.8 Å². The Kier molecular flexibility index (Phi) is 8.34. The Balaban J connectivity index is 1.13. The van der Waals surface area contributed by atoms with E-state index in [4.69, 9.17) is 18.9 Å². The molecule has 16 heteroatoms. The van der Waals surface area contributed by atoms with Crippen molar-refractivity contribution < 1.29 is 38.1 Å². The highest BCUT2D eigenvalue weighted by molar-refractivity contribution is 7.15. The molecule has 0 bridgehead atoms. The van der Waals surface area contributed by atoms with Crippen LogP contribution in [-0.2, 0) is 51.0 Å². The number of aromatic nitrogens is 4. The van der Waals surface area contributed by atoms with Crippen LogP contribution in [-0.4, -0.2) is 67.9 Å². The third-order valence-corrected chi connectivity index (χ3v) is 7.07. The monoisotopic (exact) mass is 568 g/mol. The minimum atomic E-state index is -1.04. The lowest BCUT2D eigenvalue weighted by Gasteiger charge is -2.14. The van der Waals surface area contributed by atoms with Crippen molar-refractivity contribution in [2.24, 2.45) is 0 Å². The summed E-state index contributed by atoms with van der Waals surface area (Å²) in [6.07, 6.45) is 0.709. The molecule has 0 radical (unpaired) electrons. The van der Waals surface area contributed by atoms with Crippen molar-refractivity contribution in [3.8, 4) is 0 Å². The number of nitrogens with zero attached hydrogens (tertiary/aromatic N) is 4. The van der Waals surface area contributed by atoms with Gasteiger partial charge in [-0.15, -0.1) is 20.4 Å². The standard InChI is InChI=1S/C22H28N6O8S2/c1-21(2)33-11(17(31)35-21)9-13(29)23-19-27-25-15(37-19)7-5-6-8-16-26-28-20(38-16)24-14(30)10-12-18(32)36-22(3,4)34-12/h11-12H,5-10H2,1-4H3,(H,23,27,29)(H,24,28,30). The third kappa shape index (κ3) is 7.72. The second kappa shape index (κ2) is 11.3. The number of cyclic esters (lactones) is 2. The molecule has 206 valence electrons. The van der Waals surface area contributed by atoms with Crippen LogP contribution in [0.5, 0.6) is 0 Å². The first-order valence-electron chi connectivity index (χ1n) is 11.9. The van der Waals surface area contributed by atoms with Crippen LogP contribution in [0.25, 0.3) is 0 Å². The number of rotatable bonds is 11. The second-order valence-corrected chi connectivity index (χ2v) is 11.7. The summed E-state index contributed by atoms with van der Waals surface area (Å²) in [4.78, 5) is 48.0. The highest BCUT2D eigenvalue weighted by Crippen LogP contribution is 2.27. The van der Waals surface area contributed by atoms with Gasteiger partial charge >= 0.3 is 11.9 Å². The van der Waals surface area contributed by atoms with Gasteiger partial charge in [-0.1, -0.05) is 22.7 Å². The number of hydrogen-bond donors (Lipinski definition) is 2. The molecule has 2 atom stereocenters. The molecule has 0 spiro atoms. The molecule has 0 aliphatic carbocycles. The predicted octanol–water partition coefficient (Wildman–Crippen LogP) is 1.97. The van der Waals surface area contributed by atoms with Crippen LogP contribution in [0.3, 0.4) is 0 Å². The van der Waals surface area contributed by atoms with Gasteiger partial charge in [0.25, 0.3) is 0 Å². The molecule has 2 fully saturated rings. The van der Waals surface area contributed by atoms with Gasteiger partial charge in [0.15, 0.2) is 12.2 Å². The molecule has 2 unspecified atom stereocenters. The first-order valence-corrected chi connectivity index (χ1v) is 13.6. The summed E-state index contributed by atoms with van der Waals surface area (Å²) in [5.41, 5.74) is 0. The zero-order chi connectivity index (χ0) is 27.5. The van der Waals surface area contributed by atoms with Crippen molar-refractivity contribution in [3.05, 3.63) is 10.0 Å². The number of aryl methyl sites for hydroxylation is 2. The van der Waals surface area contributed by atoms with E-state index < -0.39 is 47.5 Å². The zero-order valence-corrected chi connectivity index (χ0v) is 22.9. The van der Waals surface area contributed by atoms with Crippen molar-refractivity contribution in [1.29, 1.82) is 0 Å². The summed E-state index contributed by atoms with van der Waals surface area (Å²) in [7, 11) is 0. The number of anilines is 2. The van der Waals surface area contributed by atoms with Crippen molar-refractivity contribution in [2.45, 2.75) is 90.0 Å². The van der Waals surface area contributed by atoms with E-state index in [9.17, 15) is 19.2 Å². The lowest BCUT2D eigenvalue weighted by Crippen LogP contribution is -2.26. The number of amides is 2. The number of carbonyl (C=O) groups excluding carboxylic acids is 4. The molecule has 38 heavy (non-hydrogen) atoms. The number of unbranched alkanes of at least 4 members (excludes halogenated alkanes) is 1. The number of hydrogen-bond acceptors (Lipinski definition) is 14. The van der Waals surface area contributed by atoms with Crippen LogP contribution in [0.1, 0.15) is 63.4 Å². The summed E-state index contributed by atoms with van der Waals surface area (Å²) in [5, 5.41) is 23.6. The maximum Gasteiger partial charge on any atom is 0.338 e. The third-order valence-electron chi connectivity index (χ3n) is 5.27. The van der Waals surface area contributed by atoms with Gasteiger partial charge in [0, 0.05) is 40.5 Å². The maximum absolute atomic E-state index is 12.2. The quantitative estimate of drug-likeness (QED) is 0.297. The molecule has 2 aromatic rings. The van der Waals surface area contributed by atoms with E-state index in [1.54, 1.807) is 27.7 Å². The van der Waals surface area contributed by atoms with E-state index in [1.165, 1.54) is 22.7 Å². The van der Waals surface area contributed by atoms with E-state index in [0.29, 0.717) is 23.1 Å². The minimum absolute atomic E-state index is 0.166. The highest BCUT2D eigenvalue weighted by Gasteiger charge is 2.43. The molecule has 0 aromatic carbocycles. The molecule has 4 rings (SSSR count). The van der Waals surface area contributed by atoms with Gasteiger partial charge < -0.3 is 29.6 Å². The summed E-state index contributed by atoms with van der Waals surface area (Å²) < 4.78 is 20.9. The number of nitrogens with one attached hydrogen (secondary N) is 2. The lowest BCUT2D eigenvalue weighted by molar-refractivity contribution is -0.162. The van der Waals surface area contributed by atoms with Crippen molar-refractivity contribution >= 4 is 56.7 Å². The van der Waals surface area contributed by atoms with Crippen LogP contribution in [0.15, 0.2) is 0 Å². The molecule has 2 amide bonds. The average Bonchev–Trinajstić information content (AvgIpc) is 3.54. The second-order valence-electron chi connectivity index (χ2n) is 9.57. The molecular formula is C22H28N6O8S2. The van der Waals surface area contributed by atoms with Crippen LogP contribution >= 0.6 is 22.7 Å². The maximum atomic E-state index is 12.2. The number of esters is 2. The van der Waals surface area contributed by atoms with E-state index >= 15 is 0 Å². The zero-order valence-electron chi connectivity index (χ0n) is 21.3. The predicted molar refractivity (Wildman–Crippen MR) is 133 cm³/mol. The normalized spacial score (nSPS) is 21.7. The van der Waals surface area contributed by atoms with Gasteiger partial charge in [-0.25, -0.2) is 9.59 Å². The van der Waals surface area contributed by atoms with Crippen molar-refractivity contribution in [2.75, 3.05) is 10.6 Å². The first-order chi connectivity index (χ1) is 17.9. The Morgan fingerprint density at radius 2 is 1.13 bits per heavy atom. The molecule has 2 N–H and O–H groups in total. The molecule has 2 aliphatic heterocycles. The largest absolute Gasteiger partial charge is 0.432 e. The molecule has 2 aromatic heterocycles. The molecular weight excluding hydrogens is 540 g/mol. The minimum Gasteiger partial charge on any atom is -0.432 e. The first kappa shape index (κ1) is 27.9. The van der Waals surface area contributed by atoms with Gasteiger partial charge in [0.2, 0.25) is 33.7 Å². The summed E-state index contributed by atoms with van der Waals surface area (Å²) >= 11 is 2.53. The van der Waals surface area contributed by atoms with Crippen LogP contribution in [0, 0.1) is 0 Å². The van der Waals surface area contributed by atoms with Crippen LogP contribution < -0.4 is 10.6 Å². The Labute approximate surface area is 225 Å². The molecule has 14 nitrogen and oxygen atoms in total. The molecule has 4 heterocycles. The molecule has 2 saturated heterocycles. The fourth-order valence-corrected chi connectivity index (χ4v) is 5.33.